The number of nitrogens with two attached hydrogens (primary N) is 1. The largest absolute Gasteiger partial charge is 0.341 e. The summed E-state index contributed by atoms with van der Waals surface area (Å²) < 4.78 is 4.70. The predicted molar refractivity (Wildman–Crippen MR) is 159 cm³/mol. The summed E-state index contributed by atoms with van der Waals surface area (Å²) >= 11 is 0. The van der Waals surface area contributed by atoms with Crippen LogP contribution in [0.1, 0.15) is 37.3 Å². The number of aliphatic imine (C=N–C) groups is 1. The fourth-order valence-electron chi connectivity index (χ4n) is 5.79. The minimum absolute atomic E-state index is 0.0144. The van der Waals surface area contributed by atoms with Crippen LogP contribution in [0.3, 0.4) is 0 Å². The van der Waals surface area contributed by atoms with Crippen molar-refractivity contribution in [2.75, 3.05) is 24.5 Å². The van der Waals surface area contributed by atoms with Crippen LogP contribution in [0.2, 0.25) is 0 Å². The fraction of sp³-hybridized carbons (Fsp3) is 0.355. The number of nitrogens with zero attached hydrogens (tertiary/aromatic N) is 6. The van der Waals surface area contributed by atoms with E-state index in [1.165, 1.54) is 10.1 Å². The Bertz CT molecular complexity index is 1770. The summed E-state index contributed by atoms with van der Waals surface area (Å²) in [5.41, 5.74) is 9.72. The normalized spacial score (nSPS) is 17.1. The van der Waals surface area contributed by atoms with Crippen LogP contribution in [0.5, 0.6) is 0 Å². The van der Waals surface area contributed by atoms with Gasteiger partial charge in [0.2, 0.25) is 5.95 Å². The van der Waals surface area contributed by atoms with Crippen molar-refractivity contribution >= 4 is 22.8 Å². The Morgan fingerprint density at radius 3 is 2.62 bits per heavy atom. The number of benzene rings is 2. The van der Waals surface area contributed by atoms with Gasteiger partial charge >= 0.3 is 5.69 Å². The van der Waals surface area contributed by atoms with Crippen LogP contribution >= 0.6 is 0 Å². The van der Waals surface area contributed by atoms with Crippen LogP contribution in [-0.4, -0.2) is 50.1 Å². The Kier molecular flexibility index (Phi) is 7.10. The van der Waals surface area contributed by atoms with Crippen LogP contribution in [0.15, 0.2) is 69.2 Å². The molecule has 40 heavy (non-hydrogen) atoms. The van der Waals surface area contributed by atoms with Crippen molar-refractivity contribution in [3.63, 3.8) is 0 Å². The predicted octanol–water partition coefficient (Wildman–Crippen LogP) is 2.74. The first-order valence-electron chi connectivity index (χ1n) is 13.9. The molecule has 2 N–H and O–H groups in total. The maximum atomic E-state index is 14.3. The van der Waals surface area contributed by atoms with Gasteiger partial charge in [0, 0.05) is 31.2 Å². The van der Waals surface area contributed by atoms with Crippen LogP contribution in [-0.2, 0) is 19.5 Å². The molecular formula is C31H33N7O2. The monoisotopic (exact) mass is 535 g/mol. The molecular weight excluding hydrogens is 502 g/mol. The van der Waals surface area contributed by atoms with Gasteiger partial charge in [-0.25, -0.2) is 9.36 Å². The van der Waals surface area contributed by atoms with E-state index in [1.807, 2.05) is 53.1 Å². The smallest absolute Gasteiger partial charge is 0.337 e. The number of anilines is 1. The van der Waals surface area contributed by atoms with Crippen molar-refractivity contribution < 1.29 is 0 Å². The van der Waals surface area contributed by atoms with Gasteiger partial charge in [-0.3, -0.25) is 18.9 Å². The number of aromatic nitrogens is 4. The summed E-state index contributed by atoms with van der Waals surface area (Å²) in [6, 6.07) is 17.5. The minimum atomic E-state index is -0.443. The van der Waals surface area contributed by atoms with Gasteiger partial charge in [-0.1, -0.05) is 48.4 Å². The Morgan fingerprint density at radius 2 is 1.82 bits per heavy atom. The zero-order valence-corrected chi connectivity index (χ0v) is 22.7. The summed E-state index contributed by atoms with van der Waals surface area (Å²) in [6.45, 7) is 4.17. The quantitative estimate of drug-likeness (QED) is 0.396. The molecule has 1 atom stereocenters. The molecule has 9 nitrogen and oxygen atoms in total. The number of rotatable bonds is 5. The van der Waals surface area contributed by atoms with E-state index in [4.69, 9.17) is 15.7 Å². The number of aryl methyl sites for hydroxylation is 1. The molecule has 1 fully saturated rings. The number of fused-ring (bicyclic) bond motifs is 2. The van der Waals surface area contributed by atoms with Gasteiger partial charge in [0.15, 0.2) is 11.2 Å². The van der Waals surface area contributed by atoms with E-state index in [-0.39, 0.29) is 19.1 Å². The van der Waals surface area contributed by atoms with E-state index in [1.54, 1.807) is 11.5 Å². The molecule has 9 heteroatoms. The van der Waals surface area contributed by atoms with Crippen LogP contribution < -0.4 is 21.9 Å². The Hall–Kier alpha value is -4.42. The van der Waals surface area contributed by atoms with Crippen molar-refractivity contribution in [1.82, 2.24) is 18.7 Å². The Labute approximate surface area is 232 Å². The number of hydrogen-bond acceptors (Lipinski definition) is 6. The molecule has 2 aliphatic rings. The van der Waals surface area contributed by atoms with Gasteiger partial charge in [-0.2, -0.15) is 4.98 Å². The van der Waals surface area contributed by atoms with Crippen molar-refractivity contribution in [3.05, 3.63) is 86.6 Å². The highest BCUT2D eigenvalue weighted by molar-refractivity contribution is 6.02. The highest BCUT2D eigenvalue weighted by Gasteiger charge is 2.28. The molecule has 0 spiro atoms. The Morgan fingerprint density at radius 1 is 1.02 bits per heavy atom. The first-order chi connectivity index (χ1) is 19.6. The average molecular weight is 536 g/mol. The van der Waals surface area contributed by atoms with Gasteiger partial charge in [-0.15, -0.1) is 5.92 Å². The molecule has 204 valence electrons. The van der Waals surface area contributed by atoms with Gasteiger partial charge < -0.3 is 10.6 Å². The first-order valence-corrected chi connectivity index (χ1v) is 13.9. The zero-order valence-electron chi connectivity index (χ0n) is 22.7. The van der Waals surface area contributed by atoms with Crippen LogP contribution in [0.4, 0.5) is 5.95 Å². The topological polar surface area (TPSA) is 103 Å². The van der Waals surface area contributed by atoms with Gasteiger partial charge in [0.1, 0.15) is 0 Å². The van der Waals surface area contributed by atoms with Crippen molar-refractivity contribution in [3.8, 4) is 17.5 Å². The number of piperidine rings is 1. The molecule has 2 aliphatic heterocycles. The lowest BCUT2D eigenvalue weighted by Gasteiger charge is -2.31. The third kappa shape index (κ3) is 4.65. The highest BCUT2D eigenvalue weighted by Crippen LogP contribution is 2.25. The average Bonchev–Trinajstić information content (AvgIpc) is 3.22. The lowest BCUT2D eigenvalue weighted by atomic mass is 10.0. The molecule has 0 aliphatic carbocycles. The van der Waals surface area contributed by atoms with E-state index >= 15 is 0 Å². The Balaban J connectivity index is 1.62. The van der Waals surface area contributed by atoms with Crippen LogP contribution in [0.25, 0.3) is 16.9 Å². The lowest BCUT2D eigenvalue weighted by Crippen LogP contribution is -2.44. The van der Waals surface area contributed by atoms with Crippen molar-refractivity contribution in [1.29, 1.82) is 0 Å². The molecule has 0 bridgehead atoms. The summed E-state index contributed by atoms with van der Waals surface area (Å²) in [7, 11) is 0. The molecule has 1 unspecified atom stereocenters. The maximum absolute atomic E-state index is 14.3. The SMILES string of the molecule is CC#CCn1c(N2CCCC(N)C2)nc2c1c(=O)n(CC1=NCCCc3ccccc31)c(=O)n2-c1ccccc1. The standard InChI is InChI=1S/C31H33N7O2/c1-2-3-19-36-27-28(34-30(36)35-18-10-13-23(32)20-35)38(24-14-5-4-6-15-24)31(40)37(29(27)39)21-26-25-16-8-7-11-22(25)12-9-17-33-26/h4-8,11,14-16,23H,9-10,12-13,17-21,32H2,1H3. The van der Waals surface area contributed by atoms with E-state index in [2.05, 4.69) is 22.8 Å². The lowest BCUT2D eigenvalue weighted by molar-refractivity contribution is 0.496. The fourth-order valence-corrected chi connectivity index (χ4v) is 5.79. The van der Waals surface area contributed by atoms with Crippen molar-refractivity contribution in [2.24, 2.45) is 10.7 Å². The van der Waals surface area contributed by atoms with E-state index in [0.717, 1.165) is 43.5 Å². The van der Waals surface area contributed by atoms with Crippen LogP contribution in [0, 0.1) is 11.8 Å². The maximum Gasteiger partial charge on any atom is 0.337 e. The van der Waals surface area contributed by atoms with E-state index < -0.39 is 11.2 Å². The number of hydrogen-bond donors (Lipinski definition) is 1. The number of imidazole rings is 1. The van der Waals surface area contributed by atoms with E-state index in [9.17, 15) is 9.59 Å². The second kappa shape index (κ2) is 11.0. The molecule has 6 rings (SSSR count). The van der Waals surface area contributed by atoms with Gasteiger partial charge in [0.05, 0.1) is 24.5 Å². The van der Waals surface area contributed by atoms with E-state index in [0.29, 0.717) is 35.9 Å². The molecule has 0 saturated carbocycles. The molecule has 2 aromatic heterocycles. The summed E-state index contributed by atoms with van der Waals surface area (Å²) in [4.78, 5) is 40.4. The summed E-state index contributed by atoms with van der Waals surface area (Å²) in [5.74, 6) is 6.67. The summed E-state index contributed by atoms with van der Waals surface area (Å²) in [6.07, 6.45) is 3.71. The zero-order chi connectivity index (χ0) is 27.6. The number of para-hydroxylation sites is 1. The second-order valence-corrected chi connectivity index (χ2v) is 10.4. The molecule has 4 aromatic rings. The van der Waals surface area contributed by atoms with Crippen molar-refractivity contribution in [2.45, 2.75) is 51.7 Å². The molecule has 0 radical (unpaired) electrons. The molecule has 1 saturated heterocycles. The molecule has 4 heterocycles. The first kappa shape index (κ1) is 25.8. The highest BCUT2D eigenvalue weighted by atomic mass is 16.2. The summed E-state index contributed by atoms with van der Waals surface area (Å²) in [5, 5.41) is 0. The third-order valence-corrected chi connectivity index (χ3v) is 7.72. The molecule has 2 aromatic carbocycles. The third-order valence-electron chi connectivity index (χ3n) is 7.72. The second-order valence-electron chi connectivity index (χ2n) is 10.4. The molecule has 0 amide bonds. The van der Waals surface area contributed by atoms with Gasteiger partial charge in [-0.05, 0) is 50.3 Å². The van der Waals surface area contributed by atoms with Gasteiger partial charge in [0.25, 0.3) is 5.56 Å². The minimum Gasteiger partial charge on any atom is -0.341 e.